The molecule has 0 saturated heterocycles. The lowest BCUT2D eigenvalue weighted by Gasteiger charge is -2.22. The highest BCUT2D eigenvalue weighted by Gasteiger charge is 2.37. The monoisotopic (exact) mass is 443 g/mol. The average molecular weight is 443 g/mol. The SMILES string of the molecule is O=C(N[C@@H](c1ccc(CF)cc1)c1ncccc1C(F)(F)F)c1ccc2c(c1)C(=O)NC2. The van der Waals surface area contributed by atoms with Gasteiger partial charge < -0.3 is 10.6 Å². The molecule has 3 aromatic rings. The smallest absolute Gasteiger partial charge is 0.348 e. The quantitative estimate of drug-likeness (QED) is 0.577. The van der Waals surface area contributed by atoms with Gasteiger partial charge in [0.1, 0.15) is 6.67 Å². The van der Waals surface area contributed by atoms with Crippen molar-refractivity contribution in [3.63, 3.8) is 0 Å². The number of hydrogen-bond donors (Lipinski definition) is 2. The van der Waals surface area contributed by atoms with E-state index in [4.69, 9.17) is 0 Å². The maximum absolute atomic E-state index is 13.6. The first-order valence-corrected chi connectivity index (χ1v) is 9.67. The fourth-order valence-electron chi connectivity index (χ4n) is 3.56. The molecule has 32 heavy (non-hydrogen) atoms. The molecule has 0 fully saturated rings. The van der Waals surface area contributed by atoms with Crippen LogP contribution in [-0.4, -0.2) is 16.8 Å². The molecule has 0 aliphatic carbocycles. The number of fused-ring (bicyclic) bond motifs is 1. The van der Waals surface area contributed by atoms with Crippen molar-refractivity contribution in [1.82, 2.24) is 15.6 Å². The molecule has 164 valence electrons. The summed E-state index contributed by atoms with van der Waals surface area (Å²) in [5.74, 6) is -0.997. The Labute approximate surface area is 180 Å². The van der Waals surface area contributed by atoms with Crippen LogP contribution in [0.25, 0.3) is 0 Å². The number of aromatic nitrogens is 1. The third-order valence-electron chi connectivity index (χ3n) is 5.22. The zero-order chi connectivity index (χ0) is 22.9. The van der Waals surface area contributed by atoms with Crippen LogP contribution in [-0.2, 0) is 19.4 Å². The first-order valence-electron chi connectivity index (χ1n) is 9.67. The van der Waals surface area contributed by atoms with Gasteiger partial charge in [-0.05, 0) is 41.0 Å². The second-order valence-electron chi connectivity index (χ2n) is 7.27. The highest BCUT2D eigenvalue weighted by atomic mass is 19.4. The number of benzene rings is 2. The lowest BCUT2D eigenvalue weighted by molar-refractivity contribution is -0.138. The van der Waals surface area contributed by atoms with Gasteiger partial charge in [-0.2, -0.15) is 13.2 Å². The van der Waals surface area contributed by atoms with Crippen molar-refractivity contribution in [1.29, 1.82) is 0 Å². The van der Waals surface area contributed by atoms with Crippen molar-refractivity contribution < 1.29 is 27.2 Å². The van der Waals surface area contributed by atoms with Crippen molar-refractivity contribution in [2.24, 2.45) is 0 Å². The van der Waals surface area contributed by atoms with Crippen LogP contribution in [0.5, 0.6) is 0 Å². The largest absolute Gasteiger partial charge is 0.418 e. The number of amides is 2. The van der Waals surface area contributed by atoms with Gasteiger partial charge in [0.05, 0.1) is 17.3 Å². The Balaban J connectivity index is 1.74. The minimum absolute atomic E-state index is 0.121. The number of rotatable bonds is 5. The standard InChI is InChI=1S/C23H17F4N3O2/c24-11-13-3-5-14(6-4-13)19(20-18(23(25,26)27)2-1-9-28-20)30-21(31)15-7-8-16-12-29-22(32)17(16)10-15/h1-10,19H,11-12H2,(H,29,32)(H,30,31)/t19-/m0/s1. The molecule has 2 aromatic carbocycles. The Hall–Kier alpha value is -3.75. The minimum atomic E-state index is -4.70. The summed E-state index contributed by atoms with van der Waals surface area (Å²) in [5, 5.41) is 5.24. The lowest BCUT2D eigenvalue weighted by atomic mass is 9.97. The van der Waals surface area contributed by atoms with E-state index in [0.29, 0.717) is 23.2 Å². The molecule has 0 spiro atoms. The van der Waals surface area contributed by atoms with E-state index in [0.717, 1.165) is 17.7 Å². The van der Waals surface area contributed by atoms with Crippen molar-refractivity contribution in [3.8, 4) is 0 Å². The van der Waals surface area contributed by atoms with Gasteiger partial charge in [-0.25, -0.2) is 4.39 Å². The normalized spacial score (nSPS) is 13.9. The van der Waals surface area contributed by atoms with E-state index in [1.807, 2.05) is 0 Å². The number of nitrogens with zero attached hydrogens (tertiary/aromatic N) is 1. The van der Waals surface area contributed by atoms with Gasteiger partial charge in [0, 0.05) is 23.9 Å². The first kappa shape index (κ1) is 21.5. The van der Waals surface area contributed by atoms with Crippen LogP contribution in [0.4, 0.5) is 17.6 Å². The summed E-state index contributed by atoms with van der Waals surface area (Å²) < 4.78 is 53.9. The molecule has 2 heterocycles. The zero-order valence-corrected chi connectivity index (χ0v) is 16.5. The third kappa shape index (κ3) is 4.18. The second-order valence-corrected chi connectivity index (χ2v) is 7.27. The van der Waals surface area contributed by atoms with Crippen LogP contribution in [0, 0.1) is 0 Å². The number of hydrogen-bond acceptors (Lipinski definition) is 3. The molecule has 0 saturated carbocycles. The van der Waals surface area contributed by atoms with Crippen molar-refractivity contribution in [2.45, 2.75) is 25.4 Å². The molecule has 1 aliphatic rings. The van der Waals surface area contributed by atoms with E-state index >= 15 is 0 Å². The van der Waals surface area contributed by atoms with Crippen LogP contribution < -0.4 is 10.6 Å². The summed E-state index contributed by atoms with van der Waals surface area (Å²) in [7, 11) is 0. The van der Waals surface area contributed by atoms with Crippen LogP contribution >= 0.6 is 0 Å². The average Bonchev–Trinajstić information content (AvgIpc) is 3.17. The highest BCUT2D eigenvalue weighted by molar-refractivity contribution is 6.02. The van der Waals surface area contributed by atoms with E-state index in [9.17, 15) is 27.2 Å². The van der Waals surface area contributed by atoms with Gasteiger partial charge >= 0.3 is 6.18 Å². The van der Waals surface area contributed by atoms with Crippen molar-refractivity contribution in [3.05, 3.63) is 99.9 Å². The summed E-state index contributed by atoms with van der Waals surface area (Å²) >= 11 is 0. The number of nitrogens with one attached hydrogen (secondary N) is 2. The molecule has 1 aromatic heterocycles. The minimum Gasteiger partial charge on any atom is -0.348 e. The molecule has 4 rings (SSSR count). The number of carbonyl (C=O) groups excluding carboxylic acids is 2. The summed E-state index contributed by atoms with van der Waals surface area (Å²) in [4.78, 5) is 28.8. The maximum Gasteiger partial charge on any atom is 0.418 e. The molecule has 1 aliphatic heterocycles. The molecule has 2 N–H and O–H groups in total. The molecule has 0 bridgehead atoms. The third-order valence-corrected chi connectivity index (χ3v) is 5.22. The lowest BCUT2D eigenvalue weighted by Crippen LogP contribution is -2.31. The van der Waals surface area contributed by atoms with Gasteiger partial charge in [0.15, 0.2) is 0 Å². The van der Waals surface area contributed by atoms with Gasteiger partial charge in [0.25, 0.3) is 11.8 Å². The Bertz CT molecular complexity index is 1180. The number of halogens is 4. The van der Waals surface area contributed by atoms with Gasteiger partial charge in [-0.3, -0.25) is 14.6 Å². The fraction of sp³-hybridized carbons (Fsp3) is 0.174. The Kier molecular flexibility index (Phi) is 5.65. The Morgan fingerprint density at radius 1 is 1.12 bits per heavy atom. The van der Waals surface area contributed by atoms with Crippen LogP contribution in [0.3, 0.4) is 0 Å². The zero-order valence-electron chi connectivity index (χ0n) is 16.5. The molecular formula is C23H17F4N3O2. The number of carbonyl (C=O) groups is 2. The Morgan fingerprint density at radius 2 is 1.88 bits per heavy atom. The highest BCUT2D eigenvalue weighted by Crippen LogP contribution is 2.35. The van der Waals surface area contributed by atoms with E-state index in [1.165, 1.54) is 42.6 Å². The second kappa shape index (κ2) is 8.41. The summed E-state index contributed by atoms with van der Waals surface area (Å²) in [5.41, 5.74) is 0.465. The van der Waals surface area contributed by atoms with Crippen LogP contribution in [0.15, 0.2) is 60.8 Å². The molecule has 9 heteroatoms. The topological polar surface area (TPSA) is 71.1 Å². The van der Waals surface area contributed by atoms with Gasteiger partial charge in [0.2, 0.25) is 0 Å². The fourth-order valence-corrected chi connectivity index (χ4v) is 3.56. The summed E-state index contributed by atoms with van der Waals surface area (Å²) in [6, 6.07) is 11.1. The number of alkyl halides is 4. The van der Waals surface area contributed by atoms with Gasteiger partial charge in [-0.15, -0.1) is 0 Å². The van der Waals surface area contributed by atoms with Crippen LogP contribution in [0.1, 0.15) is 54.7 Å². The van der Waals surface area contributed by atoms with E-state index in [2.05, 4.69) is 15.6 Å². The van der Waals surface area contributed by atoms with Crippen molar-refractivity contribution in [2.75, 3.05) is 0 Å². The van der Waals surface area contributed by atoms with E-state index < -0.39 is 30.4 Å². The molecule has 0 unspecified atom stereocenters. The molecule has 0 radical (unpaired) electrons. The molecule has 1 atom stereocenters. The molecule has 2 amide bonds. The number of pyridine rings is 1. The Morgan fingerprint density at radius 3 is 2.56 bits per heavy atom. The summed E-state index contributed by atoms with van der Waals surface area (Å²) in [6.07, 6.45) is -3.49. The molecular weight excluding hydrogens is 426 g/mol. The van der Waals surface area contributed by atoms with Gasteiger partial charge in [-0.1, -0.05) is 30.3 Å². The first-order chi connectivity index (χ1) is 15.3. The molecule has 5 nitrogen and oxygen atoms in total. The van der Waals surface area contributed by atoms with Crippen LogP contribution in [0.2, 0.25) is 0 Å². The van der Waals surface area contributed by atoms with Crippen molar-refractivity contribution >= 4 is 11.8 Å². The predicted octanol–water partition coefficient (Wildman–Crippen LogP) is 4.33. The predicted molar refractivity (Wildman–Crippen MR) is 107 cm³/mol. The van der Waals surface area contributed by atoms with E-state index in [1.54, 1.807) is 6.07 Å². The van der Waals surface area contributed by atoms with E-state index in [-0.39, 0.29) is 17.2 Å². The maximum atomic E-state index is 13.6. The summed E-state index contributed by atoms with van der Waals surface area (Å²) in [6.45, 7) is -0.381.